The number of aliphatic imine (C=N–C) groups is 1. The standard InChI is InChI=1S/C21H19FN4O2/c1-28-19-11-3-2-10-18(19)25-21(24-14-17-9-4-5-12-23-17)26-20(27)15-7-6-8-16(22)13-15/h2-13H,14H2,1H3,(H2,24,25,26,27). The Morgan fingerprint density at radius 3 is 2.68 bits per heavy atom. The van der Waals surface area contributed by atoms with Gasteiger partial charge in [-0.2, -0.15) is 0 Å². The number of benzene rings is 2. The maximum Gasteiger partial charge on any atom is 0.258 e. The average Bonchev–Trinajstić information content (AvgIpc) is 2.73. The Bertz CT molecular complexity index is 977. The predicted molar refractivity (Wildman–Crippen MR) is 106 cm³/mol. The van der Waals surface area contributed by atoms with E-state index < -0.39 is 11.7 Å². The normalized spacial score (nSPS) is 11.0. The van der Waals surface area contributed by atoms with Crippen LogP contribution in [0.1, 0.15) is 16.1 Å². The minimum Gasteiger partial charge on any atom is -0.495 e. The van der Waals surface area contributed by atoms with Crippen molar-refractivity contribution in [2.75, 3.05) is 12.4 Å². The number of amides is 1. The number of aromatic nitrogens is 1. The summed E-state index contributed by atoms with van der Waals surface area (Å²) < 4.78 is 18.8. The van der Waals surface area contributed by atoms with E-state index in [-0.39, 0.29) is 18.1 Å². The smallest absolute Gasteiger partial charge is 0.258 e. The van der Waals surface area contributed by atoms with Gasteiger partial charge in [0, 0.05) is 11.8 Å². The van der Waals surface area contributed by atoms with Crippen LogP contribution in [0.5, 0.6) is 5.75 Å². The van der Waals surface area contributed by atoms with Crippen LogP contribution in [0.3, 0.4) is 0 Å². The van der Waals surface area contributed by atoms with E-state index in [1.165, 1.54) is 18.2 Å². The lowest BCUT2D eigenvalue weighted by molar-refractivity contribution is 0.0976. The first kappa shape index (κ1) is 19.0. The van der Waals surface area contributed by atoms with Gasteiger partial charge in [0.2, 0.25) is 5.96 Å². The molecule has 0 bridgehead atoms. The Balaban J connectivity index is 1.84. The highest BCUT2D eigenvalue weighted by Gasteiger charge is 2.12. The molecule has 0 spiro atoms. The molecule has 0 unspecified atom stereocenters. The van der Waals surface area contributed by atoms with Crippen molar-refractivity contribution in [2.45, 2.75) is 6.54 Å². The second-order valence-electron chi connectivity index (χ2n) is 5.78. The highest BCUT2D eigenvalue weighted by Crippen LogP contribution is 2.22. The van der Waals surface area contributed by atoms with E-state index in [1.807, 2.05) is 30.3 Å². The minimum atomic E-state index is -0.489. The van der Waals surface area contributed by atoms with Gasteiger partial charge in [0.05, 0.1) is 25.0 Å². The first-order valence-electron chi connectivity index (χ1n) is 8.57. The van der Waals surface area contributed by atoms with Crippen molar-refractivity contribution in [3.8, 4) is 5.75 Å². The second kappa shape index (κ2) is 9.27. The van der Waals surface area contributed by atoms with E-state index in [9.17, 15) is 9.18 Å². The molecule has 0 radical (unpaired) electrons. The van der Waals surface area contributed by atoms with Crippen LogP contribution in [0.25, 0.3) is 0 Å². The van der Waals surface area contributed by atoms with Gasteiger partial charge in [-0.15, -0.1) is 0 Å². The molecule has 0 saturated heterocycles. The number of halogens is 1. The molecule has 7 heteroatoms. The molecule has 1 heterocycles. The summed E-state index contributed by atoms with van der Waals surface area (Å²) in [5.41, 5.74) is 1.55. The zero-order valence-corrected chi connectivity index (χ0v) is 15.2. The Kier molecular flexibility index (Phi) is 6.30. The monoisotopic (exact) mass is 378 g/mol. The fraction of sp³-hybridized carbons (Fsp3) is 0.0952. The van der Waals surface area contributed by atoms with E-state index in [1.54, 1.807) is 25.4 Å². The number of ether oxygens (including phenoxy) is 1. The summed E-state index contributed by atoms with van der Waals surface area (Å²) in [6.07, 6.45) is 1.67. The van der Waals surface area contributed by atoms with Gasteiger partial charge in [0.25, 0.3) is 5.91 Å². The third-order valence-electron chi connectivity index (χ3n) is 3.80. The van der Waals surface area contributed by atoms with Crippen molar-refractivity contribution in [1.29, 1.82) is 0 Å². The summed E-state index contributed by atoms with van der Waals surface area (Å²) >= 11 is 0. The number of nitrogens with zero attached hydrogens (tertiary/aromatic N) is 2. The summed E-state index contributed by atoms with van der Waals surface area (Å²) in [7, 11) is 1.55. The molecule has 1 amide bonds. The SMILES string of the molecule is COc1ccccc1NC(=NCc1ccccn1)NC(=O)c1cccc(F)c1. The lowest BCUT2D eigenvalue weighted by Gasteiger charge is -2.14. The van der Waals surface area contributed by atoms with Gasteiger partial charge in [-0.05, 0) is 42.5 Å². The lowest BCUT2D eigenvalue weighted by Crippen LogP contribution is -2.36. The molecule has 3 rings (SSSR count). The first-order valence-corrected chi connectivity index (χ1v) is 8.57. The van der Waals surface area contributed by atoms with Crippen molar-refractivity contribution in [3.05, 3.63) is 90.0 Å². The first-order chi connectivity index (χ1) is 13.7. The number of nitrogens with one attached hydrogen (secondary N) is 2. The quantitative estimate of drug-likeness (QED) is 0.525. The molecule has 2 N–H and O–H groups in total. The molecular formula is C21H19FN4O2. The summed E-state index contributed by atoms with van der Waals surface area (Å²) in [5.74, 6) is -0.184. The van der Waals surface area contributed by atoms with Crippen molar-refractivity contribution >= 4 is 17.6 Å². The molecule has 3 aromatic rings. The van der Waals surface area contributed by atoms with E-state index in [0.29, 0.717) is 11.4 Å². The molecule has 2 aromatic carbocycles. The van der Waals surface area contributed by atoms with Gasteiger partial charge in [0.1, 0.15) is 11.6 Å². The zero-order valence-electron chi connectivity index (χ0n) is 15.2. The van der Waals surface area contributed by atoms with Crippen LogP contribution in [-0.4, -0.2) is 24.0 Å². The number of carbonyl (C=O) groups is 1. The molecule has 0 aliphatic carbocycles. The Labute approximate surface area is 162 Å². The molecule has 1 aromatic heterocycles. The van der Waals surface area contributed by atoms with Crippen LogP contribution in [0.2, 0.25) is 0 Å². The third-order valence-corrected chi connectivity index (χ3v) is 3.80. The van der Waals surface area contributed by atoms with Crippen molar-refractivity contribution in [2.24, 2.45) is 4.99 Å². The van der Waals surface area contributed by atoms with Crippen LogP contribution in [0.4, 0.5) is 10.1 Å². The van der Waals surface area contributed by atoms with E-state index in [4.69, 9.17) is 4.74 Å². The van der Waals surface area contributed by atoms with E-state index in [0.717, 1.165) is 11.8 Å². The predicted octanol–water partition coefficient (Wildman–Crippen LogP) is 3.63. The van der Waals surface area contributed by atoms with Crippen LogP contribution in [0, 0.1) is 5.82 Å². The van der Waals surface area contributed by atoms with Gasteiger partial charge in [-0.1, -0.05) is 24.3 Å². The molecule has 0 fully saturated rings. The lowest BCUT2D eigenvalue weighted by atomic mass is 10.2. The van der Waals surface area contributed by atoms with Crippen LogP contribution in [-0.2, 0) is 6.54 Å². The van der Waals surface area contributed by atoms with Crippen molar-refractivity contribution in [3.63, 3.8) is 0 Å². The largest absolute Gasteiger partial charge is 0.495 e. The molecule has 6 nitrogen and oxygen atoms in total. The summed E-state index contributed by atoms with van der Waals surface area (Å²) in [5, 5.41) is 5.74. The topological polar surface area (TPSA) is 75.6 Å². The van der Waals surface area contributed by atoms with Gasteiger partial charge in [-0.25, -0.2) is 9.38 Å². The number of carbonyl (C=O) groups excluding carboxylic acids is 1. The summed E-state index contributed by atoms with van der Waals surface area (Å²) in [6, 6.07) is 18.2. The number of guanidine groups is 1. The van der Waals surface area contributed by atoms with Crippen molar-refractivity contribution < 1.29 is 13.9 Å². The highest BCUT2D eigenvalue weighted by atomic mass is 19.1. The molecular weight excluding hydrogens is 359 g/mol. The zero-order chi connectivity index (χ0) is 19.8. The average molecular weight is 378 g/mol. The third kappa shape index (κ3) is 5.14. The highest BCUT2D eigenvalue weighted by molar-refractivity contribution is 6.10. The van der Waals surface area contributed by atoms with Gasteiger partial charge >= 0.3 is 0 Å². The second-order valence-corrected chi connectivity index (χ2v) is 5.78. The van der Waals surface area contributed by atoms with Crippen LogP contribution < -0.4 is 15.4 Å². The molecule has 28 heavy (non-hydrogen) atoms. The van der Waals surface area contributed by atoms with Gasteiger partial charge in [0.15, 0.2) is 0 Å². The number of methoxy groups -OCH3 is 1. The molecule has 0 aliphatic rings. The number of rotatable bonds is 5. The van der Waals surface area contributed by atoms with Gasteiger partial charge in [-0.3, -0.25) is 15.1 Å². The molecule has 142 valence electrons. The fourth-order valence-electron chi connectivity index (χ4n) is 2.45. The minimum absolute atomic E-state index is 0.187. The fourth-order valence-corrected chi connectivity index (χ4v) is 2.45. The molecule has 0 saturated carbocycles. The summed E-state index contributed by atoms with van der Waals surface area (Å²) in [6.45, 7) is 0.252. The molecule has 0 aliphatic heterocycles. The number of pyridine rings is 1. The van der Waals surface area contributed by atoms with Crippen LogP contribution in [0.15, 0.2) is 77.9 Å². The number of hydrogen-bond acceptors (Lipinski definition) is 4. The summed E-state index contributed by atoms with van der Waals surface area (Å²) in [4.78, 5) is 21.2. The van der Waals surface area contributed by atoms with E-state index in [2.05, 4.69) is 20.6 Å². The number of hydrogen-bond donors (Lipinski definition) is 2. The van der Waals surface area contributed by atoms with Crippen LogP contribution >= 0.6 is 0 Å². The van der Waals surface area contributed by atoms with Crippen molar-refractivity contribution in [1.82, 2.24) is 10.3 Å². The number of anilines is 1. The number of para-hydroxylation sites is 2. The Morgan fingerprint density at radius 2 is 1.93 bits per heavy atom. The maximum absolute atomic E-state index is 13.4. The maximum atomic E-state index is 13.4. The molecule has 0 atom stereocenters. The van der Waals surface area contributed by atoms with E-state index >= 15 is 0 Å². The Hall–Kier alpha value is -3.74. The van der Waals surface area contributed by atoms with Gasteiger partial charge < -0.3 is 10.1 Å². The Morgan fingerprint density at radius 1 is 1.11 bits per heavy atom.